The van der Waals surface area contributed by atoms with Gasteiger partial charge in [0, 0.05) is 20.1 Å². The Balaban J connectivity index is 1.67. The highest BCUT2D eigenvalue weighted by Gasteiger charge is 2.29. The maximum absolute atomic E-state index is 11.9. The number of amides is 1. The number of nitrogens with one attached hydrogen (secondary N) is 2. The first-order valence-corrected chi connectivity index (χ1v) is 8.61. The lowest BCUT2D eigenvalue weighted by molar-refractivity contribution is -0.123. The van der Waals surface area contributed by atoms with Crippen LogP contribution in [0.3, 0.4) is 0 Å². The first-order valence-electron chi connectivity index (χ1n) is 8.61. The molecule has 2 aromatic heterocycles. The van der Waals surface area contributed by atoms with Crippen LogP contribution in [0.25, 0.3) is 22.6 Å². The third kappa shape index (κ3) is 2.83. The predicted molar refractivity (Wildman–Crippen MR) is 101 cm³/mol. The van der Waals surface area contributed by atoms with Crippen LogP contribution < -0.4 is 16.0 Å². The first kappa shape index (κ1) is 16.3. The van der Waals surface area contributed by atoms with E-state index >= 15 is 0 Å². The Morgan fingerprint density at radius 2 is 2.23 bits per heavy atom. The zero-order valence-corrected chi connectivity index (χ0v) is 14.8. The van der Waals surface area contributed by atoms with Crippen LogP contribution >= 0.6 is 0 Å². The molecule has 8 heteroatoms. The fourth-order valence-corrected chi connectivity index (χ4v) is 3.34. The minimum atomic E-state index is -0.0306. The van der Waals surface area contributed by atoms with Crippen LogP contribution in [0.5, 0.6) is 0 Å². The van der Waals surface area contributed by atoms with Crippen molar-refractivity contribution in [3.8, 4) is 11.5 Å². The van der Waals surface area contributed by atoms with Crippen molar-refractivity contribution in [3.63, 3.8) is 0 Å². The van der Waals surface area contributed by atoms with E-state index in [2.05, 4.69) is 30.2 Å². The van der Waals surface area contributed by atoms with E-state index in [-0.39, 0.29) is 11.8 Å². The lowest BCUT2D eigenvalue weighted by Gasteiger charge is -2.17. The quantitative estimate of drug-likeness (QED) is 0.659. The number of nitrogen functional groups attached to an aromatic ring is 1. The number of rotatable bonds is 3. The van der Waals surface area contributed by atoms with Crippen LogP contribution in [0.1, 0.15) is 12.0 Å². The van der Waals surface area contributed by atoms with Crippen LogP contribution in [0, 0.1) is 12.8 Å². The van der Waals surface area contributed by atoms with Crippen molar-refractivity contribution in [1.82, 2.24) is 25.3 Å². The molecule has 1 aliphatic rings. The third-order valence-electron chi connectivity index (χ3n) is 4.78. The maximum atomic E-state index is 11.9. The number of hydrogen-bond donors (Lipinski definition) is 3. The van der Waals surface area contributed by atoms with Gasteiger partial charge in [-0.25, -0.2) is 15.0 Å². The Morgan fingerprint density at radius 3 is 3.04 bits per heavy atom. The van der Waals surface area contributed by atoms with Crippen LogP contribution in [-0.2, 0) is 4.79 Å². The number of nitrogens with zero attached hydrogens (tertiary/aromatic N) is 4. The Kier molecular flexibility index (Phi) is 3.95. The molecule has 0 radical (unpaired) electrons. The summed E-state index contributed by atoms with van der Waals surface area (Å²) in [6.07, 6.45) is 2.45. The van der Waals surface area contributed by atoms with Gasteiger partial charge in [0.25, 0.3) is 0 Å². The van der Waals surface area contributed by atoms with Crippen molar-refractivity contribution in [2.75, 3.05) is 30.8 Å². The molecule has 1 saturated heterocycles. The summed E-state index contributed by atoms with van der Waals surface area (Å²) in [5.74, 6) is 1.66. The summed E-state index contributed by atoms with van der Waals surface area (Å²) in [4.78, 5) is 30.7. The topological polar surface area (TPSA) is 113 Å². The number of aromatic amines is 1. The van der Waals surface area contributed by atoms with E-state index < -0.39 is 0 Å². The molecule has 3 heterocycles. The Bertz CT molecular complexity index is 981. The number of imidazole rings is 1. The number of fused-ring (bicyclic) bond motifs is 1. The predicted octanol–water partition coefficient (Wildman–Crippen LogP) is 1.48. The van der Waals surface area contributed by atoms with Crippen LogP contribution in [-0.4, -0.2) is 46.0 Å². The normalized spacial score (nSPS) is 17.0. The molecule has 0 aliphatic carbocycles. The minimum Gasteiger partial charge on any atom is -0.382 e. The molecule has 1 unspecified atom stereocenters. The van der Waals surface area contributed by atoms with Gasteiger partial charge < -0.3 is 20.9 Å². The lowest BCUT2D eigenvalue weighted by atomic mass is 10.1. The molecule has 1 fully saturated rings. The molecular formula is C18H21N7O. The lowest BCUT2D eigenvalue weighted by Crippen LogP contribution is -2.30. The molecule has 0 saturated carbocycles. The monoisotopic (exact) mass is 351 g/mol. The standard InChI is InChI=1S/C18H21N7O/c1-10-3-4-12-13(7-10)23-17(22-12)15-16(19)21-8-14(24-15)25-6-5-11(9-25)18(26)20-2/h3-4,7-8,11H,5-6,9H2,1-2H3,(H2,19,21)(H,20,26)(H,22,23). The number of benzene rings is 1. The van der Waals surface area contributed by atoms with Gasteiger partial charge in [0.05, 0.1) is 23.1 Å². The van der Waals surface area contributed by atoms with E-state index in [9.17, 15) is 4.79 Å². The number of anilines is 2. The molecule has 26 heavy (non-hydrogen) atoms. The SMILES string of the molecule is CNC(=O)C1CCN(c2cnc(N)c(-c3nc4ccc(C)cc4[nH]3)n2)C1. The van der Waals surface area contributed by atoms with Crippen molar-refractivity contribution in [2.24, 2.45) is 5.92 Å². The summed E-state index contributed by atoms with van der Waals surface area (Å²) in [6, 6.07) is 6.02. The van der Waals surface area contributed by atoms with Gasteiger partial charge in [-0.2, -0.15) is 0 Å². The van der Waals surface area contributed by atoms with E-state index in [0.717, 1.165) is 29.6 Å². The highest BCUT2D eigenvalue weighted by Crippen LogP contribution is 2.28. The highest BCUT2D eigenvalue weighted by atomic mass is 16.1. The van der Waals surface area contributed by atoms with Gasteiger partial charge in [-0.05, 0) is 31.0 Å². The van der Waals surface area contributed by atoms with Crippen molar-refractivity contribution in [2.45, 2.75) is 13.3 Å². The summed E-state index contributed by atoms with van der Waals surface area (Å²) in [6.45, 7) is 3.41. The number of aryl methyl sites for hydroxylation is 1. The summed E-state index contributed by atoms with van der Waals surface area (Å²) in [7, 11) is 1.66. The average Bonchev–Trinajstić information content (AvgIpc) is 3.28. The number of aromatic nitrogens is 4. The van der Waals surface area contributed by atoms with Gasteiger partial charge in [0.2, 0.25) is 5.91 Å². The van der Waals surface area contributed by atoms with Crippen molar-refractivity contribution >= 4 is 28.6 Å². The molecule has 4 rings (SSSR count). The second kappa shape index (κ2) is 6.29. The highest BCUT2D eigenvalue weighted by molar-refractivity contribution is 5.82. The van der Waals surface area contributed by atoms with Crippen LogP contribution in [0.4, 0.5) is 11.6 Å². The zero-order chi connectivity index (χ0) is 18.3. The van der Waals surface area contributed by atoms with Gasteiger partial charge >= 0.3 is 0 Å². The Labute approximate surface area is 150 Å². The molecular weight excluding hydrogens is 330 g/mol. The van der Waals surface area contributed by atoms with Gasteiger partial charge in [0.1, 0.15) is 5.82 Å². The minimum absolute atomic E-state index is 0.0306. The summed E-state index contributed by atoms with van der Waals surface area (Å²) in [5, 5.41) is 2.71. The van der Waals surface area contributed by atoms with Crippen LogP contribution in [0.2, 0.25) is 0 Å². The van der Waals surface area contributed by atoms with Crippen molar-refractivity contribution < 1.29 is 4.79 Å². The number of H-pyrrole nitrogens is 1. The average molecular weight is 351 g/mol. The molecule has 1 atom stereocenters. The van der Waals surface area contributed by atoms with Crippen LogP contribution in [0.15, 0.2) is 24.4 Å². The molecule has 1 aromatic carbocycles. The summed E-state index contributed by atoms with van der Waals surface area (Å²) >= 11 is 0. The maximum Gasteiger partial charge on any atom is 0.224 e. The summed E-state index contributed by atoms with van der Waals surface area (Å²) in [5.41, 5.74) is 9.53. The third-order valence-corrected chi connectivity index (χ3v) is 4.78. The van der Waals surface area contributed by atoms with E-state index in [1.54, 1.807) is 13.2 Å². The largest absolute Gasteiger partial charge is 0.382 e. The van der Waals surface area contributed by atoms with Crippen molar-refractivity contribution in [1.29, 1.82) is 0 Å². The molecule has 0 spiro atoms. The van der Waals surface area contributed by atoms with E-state index in [1.165, 1.54) is 0 Å². The second-order valence-electron chi connectivity index (χ2n) is 6.61. The van der Waals surface area contributed by atoms with E-state index in [1.807, 2.05) is 25.1 Å². The van der Waals surface area contributed by atoms with Gasteiger partial charge in [-0.3, -0.25) is 4.79 Å². The molecule has 4 N–H and O–H groups in total. The Hall–Kier alpha value is -3.16. The molecule has 0 bridgehead atoms. The molecule has 8 nitrogen and oxygen atoms in total. The molecule has 134 valence electrons. The zero-order valence-electron chi connectivity index (χ0n) is 14.8. The van der Waals surface area contributed by atoms with Gasteiger partial charge in [-0.15, -0.1) is 0 Å². The van der Waals surface area contributed by atoms with Gasteiger partial charge in [-0.1, -0.05) is 6.07 Å². The Morgan fingerprint density at radius 1 is 1.38 bits per heavy atom. The number of nitrogens with two attached hydrogens (primary N) is 1. The smallest absolute Gasteiger partial charge is 0.224 e. The van der Waals surface area contributed by atoms with E-state index in [4.69, 9.17) is 5.73 Å². The fraction of sp³-hybridized carbons (Fsp3) is 0.333. The number of carbonyl (C=O) groups is 1. The molecule has 1 aliphatic heterocycles. The van der Waals surface area contributed by atoms with Gasteiger partial charge in [0.15, 0.2) is 17.3 Å². The molecule has 1 amide bonds. The second-order valence-corrected chi connectivity index (χ2v) is 6.61. The number of hydrogen-bond acceptors (Lipinski definition) is 6. The van der Waals surface area contributed by atoms with E-state index in [0.29, 0.717) is 29.7 Å². The first-order chi connectivity index (χ1) is 12.5. The number of carbonyl (C=O) groups excluding carboxylic acids is 1. The molecule has 3 aromatic rings. The summed E-state index contributed by atoms with van der Waals surface area (Å²) < 4.78 is 0. The fourth-order valence-electron chi connectivity index (χ4n) is 3.34. The van der Waals surface area contributed by atoms with Crippen molar-refractivity contribution in [3.05, 3.63) is 30.0 Å².